The molecule has 33 heavy (non-hydrogen) atoms. The summed E-state index contributed by atoms with van der Waals surface area (Å²) in [4.78, 5) is 34.6. The smallest absolute Gasteiger partial charge is 0.266 e. The van der Waals surface area contributed by atoms with Crippen molar-refractivity contribution in [2.75, 3.05) is 24.2 Å². The molecular weight excluding hydrogens is 420 g/mol. The highest BCUT2D eigenvalue weighted by molar-refractivity contribution is 6.24. The number of hydrogen-bond acceptors (Lipinski definition) is 6. The summed E-state index contributed by atoms with van der Waals surface area (Å²) < 4.78 is 10.7. The van der Waals surface area contributed by atoms with Crippen molar-refractivity contribution in [3.63, 3.8) is 0 Å². The second-order valence-corrected chi connectivity index (χ2v) is 8.12. The number of imide groups is 1. The van der Waals surface area contributed by atoms with Gasteiger partial charge in [-0.15, -0.1) is 0 Å². The first-order valence-electron chi connectivity index (χ1n) is 10.7. The monoisotopic (exact) mass is 444 g/mol. The molecule has 0 N–H and O–H groups in total. The molecule has 168 valence electrons. The molecule has 2 heterocycles. The molecule has 0 radical (unpaired) electrons. The Morgan fingerprint density at radius 1 is 0.848 bits per heavy atom. The van der Waals surface area contributed by atoms with E-state index in [-0.39, 0.29) is 5.91 Å². The second-order valence-electron chi connectivity index (χ2n) is 8.12. The number of benzene rings is 3. The van der Waals surface area contributed by atoms with E-state index in [2.05, 4.69) is 0 Å². The Kier molecular flexibility index (Phi) is 5.26. The number of para-hydroxylation sites is 1. The lowest BCUT2D eigenvalue weighted by Gasteiger charge is -2.29. The lowest BCUT2D eigenvalue weighted by molar-refractivity contribution is -0.126. The van der Waals surface area contributed by atoms with E-state index in [1.54, 1.807) is 30.4 Å². The molecule has 2 amide bonds. The minimum Gasteiger partial charge on any atom is -0.497 e. The van der Waals surface area contributed by atoms with Crippen molar-refractivity contribution in [1.29, 1.82) is 0 Å². The number of hydroxylamine groups is 1. The molecule has 3 aromatic rings. The second kappa shape index (κ2) is 8.26. The van der Waals surface area contributed by atoms with E-state index >= 15 is 0 Å². The third kappa shape index (κ3) is 3.41. The number of fused-ring (bicyclic) bond motifs is 1. The number of carbonyl (C=O) groups is 2. The summed E-state index contributed by atoms with van der Waals surface area (Å²) in [7, 11) is 3.04. The summed E-state index contributed by atoms with van der Waals surface area (Å²) in [6.07, 6.45) is -0.934. The maximum Gasteiger partial charge on any atom is 0.266 e. The first kappa shape index (κ1) is 21.0. The first-order chi connectivity index (χ1) is 16.0. The molecule has 5 rings (SSSR count). The summed E-state index contributed by atoms with van der Waals surface area (Å²) >= 11 is 0. The van der Waals surface area contributed by atoms with Crippen LogP contribution in [-0.2, 0) is 14.4 Å². The normalized spacial score (nSPS) is 22.0. The van der Waals surface area contributed by atoms with Crippen LogP contribution >= 0.6 is 0 Å². The Labute approximate surface area is 192 Å². The van der Waals surface area contributed by atoms with E-state index in [1.165, 1.54) is 12.0 Å². The fraction of sp³-hybridized carbons (Fsp3) is 0.231. The van der Waals surface area contributed by atoms with Gasteiger partial charge < -0.3 is 9.47 Å². The van der Waals surface area contributed by atoms with E-state index in [0.717, 1.165) is 16.8 Å². The predicted molar refractivity (Wildman–Crippen MR) is 123 cm³/mol. The van der Waals surface area contributed by atoms with E-state index in [4.69, 9.17) is 14.3 Å². The highest BCUT2D eigenvalue weighted by atomic mass is 16.7. The van der Waals surface area contributed by atoms with Crippen molar-refractivity contribution in [3.05, 3.63) is 83.9 Å². The molecule has 7 nitrogen and oxygen atoms in total. The zero-order valence-corrected chi connectivity index (χ0v) is 18.6. The number of carbonyl (C=O) groups excluding carboxylic acids is 2. The van der Waals surface area contributed by atoms with Gasteiger partial charge in [0.05, 0.1) is 31.6 Å². The molecular formula is C26H24N2O5. The van der Waals surface area contributed by atoms with Crippen LogP contribution < -0.4 is 19.4 Å². The van der Waals surface area contributed by atoms with Crippen LogP contribution in [0.25, 0.3) is 0 Å². The lowest BCUT2D eigenvalue weighted by Crippen LogP contribution is -2.37. The Balaban J connectivity index is 1.58. The SMILES string of the molecule is COc1ccc(N2C(=O)C3ON(c4ccccc4)C(c4ccc(C)cc4)C3C2=O)c(OC)c1. The van der Waals surface area contributed by atoms with Gasteiger partial charge in [-0.3, -0.25) is 14.4 Å². The predicted octanol–water partition coefficient (Wildman–Crippen LogP) is 4.06. The molecule has 3 unspecified atom stereocenters. The molecule has 0 saturated carbocycles. The average Bonchev–Trinajstić information content (AvgIpc) is 3.35. The number of hydrogen-bond donors (Lipinski definition) is 0. The Hall–Kier alpha value is -3.84. The minimum absolute atomic E-state index is 0.322. The molecule has 2 aliphatic rings. The Morgan fingerprint density at radius 2 is 1.58 bits per heavy atom. The van der Waals surface area contributed by atoms with Crippen molar-refractivity contribution >= 4 is 23.2 Å². The van der Waals surface area contributed by atoms with Gasteiger partial charge in [-0.05, 0) is 36.8 Å². The van der Waals surface area contributed by atoms with Gasteiger partial charge in [-0.25, -0.2) is 9.96 Å². The molecule has 3 atom stereocenters. The van der Waals surface area contributed by atoms with Gasteiger partial charge in [-0.1, -0.05) is 48.0 Å². The van der Waals surface area contributed by atoms with E-state index in [1.807, 2.05) is 61.5 Å². The molecule has 2 aliphatic heterocycles. The van der Waals surface area contributed by atoms with Gasteiger partial charge in [0, 0.05) is 6.07 Å². The van der Waals surface area contributed by atoms with Gasteiger partial charge in [0.2, 0.25) is 5.91 Å². The van der Waals surface area contributed by atoms with Gasteiger partial charge in [0.15, 0.2) is 6.10 Å². The van der Waals surface area contributed by atoms with Crippen LogP contribution in [0, 0.1) is 12.8 Å². The standard InChI is InChI=1S/C26H24N2O5/c1-16-9-11-17(12-10-16)23-22-24(33-28(23)18-7-5-4-6-8-18)26(30)27(25(22)29)20-14-13-19(31-2)15-21(20)32-3/h4-15,22-24H,1-3H3. The van der Waals surface area contributed by atoms with E-state index in [0.29, 0.717) is 17.2 Å². The first-order valence-corrected chi connectivity index (χ1v) is 10.7. The van der Waals surface area contributed by atoms with Crippen LogP contribution in [0.15, 0.2) is 72.8 Å². The van der Waals surface area contributed by atoms with Crippen molar-refractivity contribution in [2.24, 2.45) is 5.92 Å². The fourth-order valence-corrected chi connectivity index (χ4v) is 4.52. The number of amides is 2. The molecule has 0 aromatic heterocycles. The summed E-state index contributed by atoms with van der Waals surface area (Å²) in [5, 5.41) is 1.69. The average molecular weight is 444 g/mol. The summed E-state index contributed by atoms with van der Waals surface area (Å²) in [5.41, 5.74) is 3.17. The van der Waals surface area contributed by atoms with Gasteiger partial charge in [-0.2, -0.15) is 0 Å². The van der Waals surface area contributed by atoms with Crippen LogP contribution in [0.2, 0.25) is 0 Å². The zero-order valence-electron chi connectivity index (χ0n) is 18.6. The molecule has 0 bridgehead atoms. The van der Waals surface area contributed by atoms with Crippen LogP contribution in [0.5, 0.6) is 11.5 Å². The summed E-state index contributed by atoms with van der Waals surface area (Å²) in [5.74, 6) is -0.490. The van der Waals surface area contributed by atoms with E-state index in [9.17, 15) is 9.59 Å². The maximum absolute atomic E-state index is 13.8. The Morgan fingerprint density at radius 3 is 2.24 bits per heavy atom. The minimum atomic E-state index is -0.934. The topological polar surface area (TPSA) is 68.3 Å². The molecule has 2 saturated heterocycles. The van der Waals surface area contributed by atoms with Crippen LogP contribution in [0.3, 0.4) is 0 Å². The largest absolute Gasteiger partial charge is 0.497 e. The number of aryl methyl sites for hydroxylation is 1. The molecule has 0 spiro atoms. The molecule has 3 aromatic carbocycles. The third-order valence-electron chi connectivity index (χ3n) is 6.17. The fourth-order valence-electron chi connectivity index (χ4n) is 4.52. The van der Waals surface area contributed by atoms with Crippen molar-refractivity contribution in [1.82, 2.24) is 0 Å². The van der Waals surface area contributed by atoms with Crippen molar-refractivity contribution < 1.29 is 23.9 Å². The van der Waals surface area contributed by atoms with Gasteiger partial charge in [0.1, 0.15) is 17.4 Å². The van der Waals surface area contributed by atoms with E-state index < -0.39 is 24.0 Å². The highest BCUT2D eigenvalue weighted by Gasteiger charge is 2.60. The number of methoxy groups -OCH3 is 2. The van der Waals surface area contributed by atoms with Crippen LogP contribution in [-0.4, -0.2) is 32.1 Å². The van der Waals surface area contributed by atoms with Crippen LogP contribution in [0.1, 0.15) is 17.2 Å². The number of ether oxygens (including phenoxy) is 2. The molecule has 0 aliphatic carbocycles. The molecule has 7 heteroatoms. The highest BCUT2D eigenvalue weighted by Crippen LogP contribution is 2.48. The number of nitrogens with zero attached hydrogens (tertiary/aromatic N) is 2. The number of anilines is 2. The quantitative estimate of drug-likeness (QED) is 0.553. The maximum atomic E-state index is 13.8. The van der Waals surface area contributed by atoms with Crippen molar-refractivity contribution in [2.45, 2.75) is 19.1 Å². The molecule has 2 fully saturated rings. The number of rotatable bonds is 5. The zero-order chi connectivity index (χ0) is 23.1. The van der Waals surface area contributed by atoms with Crippen LogP contribution in [0.4, 0.5) is 11.4 Å². The summed E-state index contributed by atoms with van der Waals surface area (Å²) in [6, 6.07) is 22.0. The lowest BCUT2D eigenvalue weighted by atomic mass is 9.90. The van der Waals surface area contributed by atoms with Gasteiger partial charge >= 0.3 is 0 Å². The third-order valence-corrected chi connectivity index (χ3v) is 6.17. The Bertz CT molecular complexity index is 1200. The summed E-state index contributed by atoms with van der Waals surface area (Å²) in [6.45, 7) is 2.01. The van der Waals surface area contributed by atoms with Gasteiger partial charge in [0.25, 0.3) is 5.91 Å². The van der Waals surface area contributed by atoms with Crippen molar-refractivity contribution in [3.8, 4) is 11.5 Å².